The molecule has 0 aliphatic carbocycles. The molecule has 10 nitrogen and oxygen atoms in total. The summed E-state index contributed by atoms with van der Waals surface area (Å²) in [6.45, 7) is 3.72. The van der Waals surface area contributed by atoms with Gasteiger partial charge in [0.15, 0.2) is 5.76 Å². The second-order valence-corrected chi connectivity index (χ2v) is 11.5. The lowest BCUT2D eigenvalue weighted by Gasteiger charge is -2.35. The van der Waals surface area contributed by atoms with Crippen LogP contribution in [0.25, 0.3) is 22.6 Å². The van der Waals surface area contributed by atoms with Crippen LogP contribution in [0.2, 0.25) is 0 Å². The third-order valence-corrected chi connectivity index (χ3v) is 8.40. The van der Waals surface area contributed by atoms with Crippen LogP contribution in [-0.4, -0.2) is 65.1 Å². The minimum Gasteiger partial charge on any atom is -0.496 e. The average molecular weight is 588 g/mol. The van der Waals surface area contributed by atoms with Crippen molar-refractivity contribution in [1.29, 1.82) is 0 Å². The van der Waals surface area contributed by atoms with Gasteiger partial charge in [0.2, 0.25) is 5.89 Å². The Labute approximate surface area is 252 Å². The zero-order valence-corrected chi connectivity index (χ0v) is 25.3. The average Bonchev–Trinajstić information content (AvgIpc) is 3.70. The normalized spacial score (nSPS) is 16.9. The van der Waals surface area contributed by atoms with E-state index in [1.165, 1.54) is 0 Å². The minimum atomic E-state index is -0.460. The summed E-state index contributed by atoms with van der Waals surface area (Å²) < 4.78 is 12.0. The maximum Gasteiger partial charge on any atom is 0.269 e. The van der Waals surface area contributed by atoms with Gasteiger partial charge in [-0.25, -0.2) is 4.98 Å². The Morgan fingerprint density at radius 3 is 2.70 bits per heavy atom. The largest absolute Gasteiger partial charge is 0.496 e. The number of hydrogen-bond acceptors (Lipinski definition) is 9. The minimum absolute atomic E-state index is 0.265. The third-order valence-electron chi connectivity index (χ3n) is 8.40. The quantitative estimate of drug-likeness (QED) is 0.252. The van der Waals surface area contributed by atoms with E-state index < -0.39 is 11.6 Å². The molecule has 5 rings (SSSR count). The van der Waals surface area contributed by atoms with Crippen molar-refractivity contribution in [2.75, 3.05) is 27.2 Å². The predicted molar refractivity (Wildman–Crippen MR) is 164 cm³/mol. The number of rotatable bonds is 13. The highest BCUT2D eigenvalue weighted by molar-refractivity contribution is 6.39. The second-order valence-electron chi connectivity index (χ2n) is 11.5. The maximum atomic E-state index is 13.4. The lowest BCUT2D eigenvalue weighted by atomic mass is 9.87. The number of aromatic nitrogens is 2. The van der Waals surface area contributed by atoms with Crippen LogP contribution < -0.4 is 10.1 Å². The number of hydrogen-bond donors (Lipinski definition) is 1. The van der Waals surface area contributed by atoms with E-state index >= 15 is 0 Å². The number of carbonyl (C=O) groups excluding carboxylic acids is 2. The van der Waals surface area contributed by atoms with E-state index in [0.717, 1.165) is 62.0 Å². The molecule has 2 aromatic heterocycles. The molecule has 228 valence electrons. The molecule has 0 bridgehead atoms. The molecule has 10 heteroatoms. The van der Waals surface area contributed by atoms with Crippen molar-refractivity contribution in [2.45, 2.75) is 76.4 Å². The lowest BCUT2D eigenvalue weighted by molar-refractivity contribution is -0.119. The summed E-state index contributed by atoms with van der Waals surface area (Å²) in [5, 5.41) is 7.33. The number of benzene rings is 1. The molecular weight excluding hydrogens is 546 g/mol. The Morgan fingerprint density at radius 2 is 1.95 bits per heavy atom. The molecule has 1 saturated heterocycles. The number of amides is 1. The number of nitrogens with one attached hydrogen (secondary N) is 1. The molecule has 43 heavy (non-hydrogen) atoms. The number of pyridine rings is 1. The first-order valence-corrected chi connectivity index (χ1v) is 15.2. The first-order valence-electron chi connectivity index (χ1n) is 15.2. The van der Waals surface area contributed by atoms with Crippen LogP contribution in [0.5, 0.6) is 5.75 Å². The second kappa shape index (κ2) is 13.9. The summed E-state index contributed by atoms with van der Waals surface area (Å²) in [5.41, 5.74) is 2.53. The number of unbranched alkanes of at least 4 members (excludes halogenated alkanes) is 2. The fourth-order valence-corrected chi connectivity index (χ4v) is 5.62. The van der Waals surface area contributed by atoms with Gasteiger partial charge in [-0.1, -0.05) is 37.1 Å². The predicted octanol–water partition coefficient (Wildman–Crippen LogP) is 5.74. The number of methoxy groups -OCH3 is 1. The van der Waals surface area contributed by atoms with E-state index in [1.807, 2.05) is 43.3 Å². The Balaban J connectivity index is 1.31. The Kier molecular flexibility index (Phi) is 9.86. The Bertz CT molecular complexity index is 1430. The zero-order chi connectivity index (χ0) is 30.2. The van der Waals surface area contributed by atoms with Gasteiger partial charge in [0.05, 0.1) is 24.6 Å². The van der Waals surface area contributed by atoms with Crippen molar-refractivity contribution in [3.63, 3.8) is 0 Å². The molecule has 2 aliphatic heterocycles. The molecule has 4 heterocycles. The van der Waals surface area contributed by atoms with Crippen LogP contribution in [0, 0.1) is 0 Å². The Morgan fingerprint density at radius 1 is 1.12 bits per heavy atom. The van der Waals surface area contributed by atoms with E-state index in [4.69, 9.17) is 14.0 Å². The van der Waals surface area contributed by atoms with Gasteiger partial charge in [0.1, 0.15) is 28.9 Å². The summed E-state index contributed by atoms with van der Waals surface area (Å²) >= 11 is 0. The van der Waals surface area contributed by atoms with Gasteiger partial charge in [-0.15, -0.1) is 0 Å². The van der Waals surface area contributed by atoms with Gasteiger partial charge in [0.25, 0.3) is 5.91 Å². The molecule has 1 amide bonds. The number of piperidine rings is 1. The monoisotopic (exact) mass is 587 g/mol. The van der Waals surface area contributed by atoms with E-state index in [0.29, 0.717) is 48.8 Å². The summed E-state index contributed by atoms with van der Waals surface area (Å²) in [4.78, 5) is 42.3. The van der Waals surface area contributed by atoms with Crippen molar-refractivity contribution in [3.8, 4) is 28.3 Å². The van der Waals surface area contributed by atoms with E-state index in [2.05, 4.69) is 32.4 Å². The third kappa shape index (κ3) is 7.48. The summed E-state index contributed by atoms with van der Waals surface area (Å²) in [6, 6.07) is 11.1. The molecule has 2 aliphatic rings. The maximum absolute atomic E-state index is 13.4. The van der Waals surface area contributed by atoms with Crippen LogP contribution in [-0.2, 0) is 14.4 Å². The summed E-state index contributed by atoms with van der Waals surface area (Å²) in [5.74, 6) is 1.59. The standard InChI is InChI=1S/C33H41N5O5/c1-4-24(39)10-6-5-7-12-27(36-31(40)28-21-33(43-37-28)15-18-38(2)19-16-33)32-35-22-30(42-32)25-14-13-23(20-29(25)41-3)26-11-8-9-17-34-26/h8-9,11,13-14,17,20,22,27H,4-7,10,12,15-16,18-19,21H2,1-3H3,(H,36,40)/t27-/m0/s1. The number of Topliss-reactive ketones (excluding diaryl/α,β-unsaturated/α-hetero) is 1. The van der Waals surface area contributed by atoms with Gasteiger partial charge in [-0.05, 0) is 44.2 Å². The first kappa shape index (κ1) is 30.4. The fourth-order valence-electron chi connectivity index (χ4n) is 5.62. The van der Waals surface area contributed by atoms with Crippen molar-refractivity contribution in [2.24, 2.45) is 5.16 Å². The number of likely N-dealkylation sites (tertiary alicyclic amines) is 1. The molecule has 3 aromatic rings. The molecule has 0 unspecified atom stereocenters. The highest BCUT2D eigenvalue weighted by atomic mass is 16.7. The van der Waals surface area contributed by atoms with Crippen molar-refractivity contribution in [1.82, 2.24) is 20.2 Å². The van der Waals surface area contributed by atoms with Crippen LogP contribution >= 0.6 is 0 Å². The molecule has 0 saturated carbocycles. The molecule has 1 fully saturated rings. The number of ketones is 1. The molecular formula is C33H41N5O5. The molecule has 1 atom stereocenters. The van der Waals surface area contributed by atoms with E-state index in [9.17, 15) is 9.59 Å². The number of nitrogens with zero attached hydrogens (tertiary/aromatic N) is 4. The van der Waals surface area contributed by atoms with Gasteiger partial charge in [-0.3, -0.25) is 14.6 Å². The van der Waals surface area contributed by atoms with Crippen molar-refractivity contribution < 1.29 is 23.6 Å². The fraction of sp³-hybridized carbons (Fsp3) is 0.485. The number of oxazole rings is 1. The molecule has 1 spiro atoms. The highest BCUT2D eigenvalue weighted by Gasteiger charge is 2.43. The molecule has 1 N–H and O–H groups in total. The van der Waals surface area contributed by atoms with E-state index in [-0.39, 0.29) is 11.7 Å². The van der Waals surface area contributed by atoms with Crippen LogP contribution in [0.4, 0.5) is 0 Å². The molecule has 1 aromatic carbocycles. The van der Waals surface area contributed by atoms with Crippen molar-refractivity contribution >= 4 is 17.4 Å². The number of carbonyl (C=O) groups is 2. The number of ether oxygens (including phenoxy) is 1. The van der Waals surface area contributed by atoms with Gasteiger partial charge in [0, 0.05) is 57.0 Å². The number of oxime groups is 1. The van der Waals surface area contributed by atoms with Gasteiger partial charge >= 0.3 is 0 Å². The summed E-state index contributed by atoms with van der Waals surface area (Å²) in [6.07, 6.45) is 9.85. The topological polar surface area (TPSA) is 119 Å². The molecule has 0 radical (unpaired) electrons. The Hall–Kier alpha value is -4.05. The van der Waals surface area contributed by atoms with Gasteiger partial charge in [-0.2, -0.15) is 0 Å². The SMILES string of the molecule is CCC(=O)CCCCC[C@H](NC(=O)C1=NOC2(CCN(C)CC2)C1)c1ncc(-c2ccc(-c3ccccn3)cc2OC)o1. The zero-order valence-electron chi connectivity index (χ0n) is 25.3. The smallest absolute Gasteiger partial charge is 0.269 e. The lowest BCUT2D eigenvalue weighted by Crippen LogP contribution is -2.44. The van der Waals surface area contributed by atoms with E-state index in [1.54, 1.807) is 19.5 Å². The van der Waals surface area contributed by atoms with Crippen molar-refractivity contribution in [3.05, 3.63) is 54.7 Å². The first-order chi connectivity index (χ1) is 20.9. The van der Waals surface area contributed by atoms with Gasteiger partial charge < -0.3 is 24.2 Å². The van der Waals surface area contributed by atoms with Crippen LogP contribution in [0.3, 0.4) is 0 Å². The summed E-state index contributed by atoms with van der Waals surface area (Å²) in [7, 11) is 3.71. The van der Waals surface area contributed by atoms with Crippen LogP contribution in [0.1, 0.15) is 76.6 Å². The van der Waals surface area contributed by atoms with Crippen LogP contribution in [0.15, 0.2) is 58.4 Å². The highest BCUT2D eigenvalue weighted by Crippen LogP contribution is 2.36.